The number of halogens is 10. The van der Waals surface area contributed by atoms with Crippen LogP contribution >= 0.6 is 11.8 Å². The average molecular weight is 478 g/mol. The Morgan fingerprint density at radius 1 is 0.516 bits per heavy atom. The molecule has 0 fully saturated rings. The number of hydrogen-bond donors (Lipinski definition) is 0. The van der Waals surface area contributed by atoms with Crippen LogP contribution in [0.25, 0.3) is 0 Å². The maximum absolute atomic E-state index is 14.2. The molecule has 0 unspecified atom stereocenters. The van der Waals surface area contributed by atoms with Crippen molar-refractivity contribution in [1.29, 1.82) is 0 Å². The molecule has 2 aromatic rings. The minimum Gasteiger partial charge on any atom is -0.195 e. The molecule has 0 aliphatic rings. The molecule has 0 aromatic heterocycles. The third kappa shape index (κ3) is 6.08. The predicted molar refractivity (Wildman–Crippen MR) is 97.5 cm³/mol. The monoisotopic (exact) mass is 478 g/mol. The summed E-state index contributed by atoms with van der Waals surface area (Å²) in [4.78, 5) is 0. The van der Waals surface area contributed by atoms with Crippen molar-refractivity contribution in [2.45, 2.75) is 47.5 Å². The average Bonchev–Trinajstić information content (AvgIpc) is 2.66. The zero-order valence-electron chi connectivity index (χ0n) is 15.5. The number of benzene rings is 2. The van der Waals surface area contributed by atoms with E-state index in [9.17, 15) is 43.9 Å². The van der Waals surface area contributed by atoms with Crippen molar-refractivity contribution in [2.75, 3.05) is 0 Å². The summed E-state index contributed by atoms with van der Waals surface area (Å²) in [6.07, 6.45) is -14.4. The topological polar surface area (TPSA) is 0 Å². The van der Waals surface area contributed by atoms with Gasteiger partial charge in [-0.2, -0.15) is 43.9 Å². The van der Waals surface area contributed by atoms with Crippen LogP contribution in [0.2, 0.25) is 0 Å². The van der Waals surface area contributed by atoms with Gasteiger partial charge in [0.25, 0.3) is 0 Å². The molecular weight excluding hydrogens is 462 g/mol. The van der Waals surface area contributed by atoms with Gasteiger partial charge in [0.2, 0.25) is 0 Å². The molecule has 31 heavy (non-hydrogen) atoms. The highest BCUT2D eigenvalue weighted by Gasteiger charge is 2.67. The van der Waals surface area contributed by atoms with E-state index in [1.807, 2.05) is 0 Å². The molecule has 0 aliphatic heterocycles. The minimum atomic E-state index is -6.13. The Kier molecular flexibility index (Phi) is 7.60. The summed E-state index contributed by atoms with van der Waals surface area (Å²) in [6, 6.07) is 13.0. The lowest BCUT2D eigenvalue weighted by atomic mass is 10.0. The van der Waals surface area contributed by atoms with E-state index in [1.165, 1.54) is 60.7 Å². The Bertz CT molecular complexity index is 746. The smallest absolute Gasteiger partial charge is 0.195 e. The minimum absolute atomic E-state index is 0.0577. The van der Waals surface area contributed by atoms with E-state index >= 15 is 0 Å². The normalized spacial score (nSPS) is 15.5. The van der Waals surface area contributed by atoms with E-state index in [4.69, 9.17) is 0 Å². The maximum atomic E-state index is 14.2. The third-order valence-corrected chi connectivity index (χ3v) is 6.00. The van der Waals surface area contributed by atoms with Crippen LogP contribution < -0.4 is 0 Å². The molecule has 0 saturated carbocycles. The summed E-state index contributed by atoms with van der Waals surface area (Å²) < 4.78 is 135. The van der Waals surface area contributed by atoms with E-state index < -0.39 is 59.3 Å². The van der Waals surface area contributed by atoms with Crippen molar-refractivity contribution < 1.29 is 43.9 Å². The highest BCUT2D eigenvalue weighted by molar-refractivity contribution is 8.00. The Hall–Kier alpha value is -1.91. The molecule has 2 aromatic carbocycles. The van der Waals surface area contributed by atoms with Crippen LogP contribution in [0, 0.1) is 0 Å². The second-order valence-electron chi connectivity index (χ2n) is 6.73. The highest BCUT2D eigenvalue weighted by atomic mass is 32.2. The lowest BCUT2D eigenvalue weighted by molar-refractivity contribution is -0.284. The van der Waals surface area contributed by atoms with Gasteiger partial charge < -0.3 is 0 Å². The summed E-state index contributed by atoms with van der Waals surface area (Å²) in [5, 5.41) is -5.81. The number of hydrogen-bond acceptors (Lipinski definition) is 1. The summed E-state index contributed by atoms with van der Waals surface area (Å²) >= 11 is -0.693. The van der Waals surface area contributed by atoms with Gasteiger partial charge in [0.05, 0.1) is 10.5 Å². The first kappa shape index (κ1) is 25.4. The first-order chi connectivity index (χ1) is 14.2. The lowest BCUT2D eigenvalue weighted by Crippen LogP contribution is -2.51. The molecule has 172 valence electrons. The van der Waals surface area contributed by atoms with Crippen LogP contribution in [-0.4, -0.2) is 34.7 Å². The quantitative estimate of drug-likeness (QED) is 0.358. The number of rotatable bonds is 8. The zero-order valence-corrected chi connectivity index (χ0v) is 16.3. The number of thioether (sulfide) groups is 1. The fraction of sp³-hybridized carbons (Fsp3) is 0.400. The summed E-state index contributed by atoms with van der Waals surface area (Å²) in [6.45, 7) is 0. The molecule has 0 radical (unpaired) electrons. The molecule has 0 nitrogen and oxygen atoms in total. The predicted octanol–water partition coefficient (Wildman–Crippen LogP) is 7.34. The molecule has 0 heterocycles. The lowest BCUT2D eigenvalue weighted by Gasteiger charge is -2.34. The van der Waals surface area contributed by atoms with Gasteiger partial charge in [0, 0.05) is 0 Å². The molecule has 11 heteroatoms. The van der Waals surface area contributed by atoms with Crippen LogP contribution in [-0.2, 0) is 12.8 Å². The fourth-order valence-electron chi connectivity index (χ4n) is 2.74. The second kappa shape index (κ2) is 9.30. The van der Waals surface area contributed by atoms with E-state index in [-0.39, 0.29) is 11.1 Å². The van der Waals surface area contributed by atoms with Crippen LogP contribution in [0.1, 0.15) is 11.1 Å². The molecular formula is C20H16F10S. The Labute approximate surface area is 175 Å². The van der Waals surface area contributed by atoms with E-state index in [1.54, 1.807) is 0 Å². The molecule has 2 rings (SSSR count). The van der Waals surface area contributed by atoms with Gasteiger partial charge in [0.15, 0.2) is 0 Å². The Balaban J connectivity index is 2.47. The van der Waals surface area contributed by atoms with Crippen LogP contribution in [0.15, 0.2) is 60.7 Å². The van der Waals surface area contributed by atoms with Gasteiger partial charge in [-0.3, -0.25) is 0 Å². The van der Waals surface area contributed by atoms with Crippen molar-refractivity contribution >= 4 is 11.8 Å². The van der Waals surface area contributed by atoms with E-state index in [0.717, 1.165) is 0 Å². The first-order valence-corrected chi connectivity index (χ1v) is 9.73. The summed E-state index contributed by atoms with van der Waals surface area (Å²) in [5.41, 5.74) is -0.115. The van der Waals surface area contributed by atoms with Gasteiger partial charge in [-0.05, 0) is 24.0 Å². The van der Waals surface area contributed by atoms with Gasteiger partial charge in [-0.15, -0.1) is 11.8 Å². The maximum Gasteiger partial charge on any atom is 0.454 e. The Morgan fingerprint density at radius 3 is 1.06 bits per heavy atom. The third-order valence-electron chi connectivity index (χ3n) is 4.42. The van der Waals surface area contributed by atoms with Crippen molar-refractivity contribution in [2.24, 2.45) is 0 Å². The van der Waals surface area contributed by atoms with Gasteiger partial charge >= 0.3 is 24.2 Å². The summed E-state index contributed by atoms with van der Waals surface area (Å²) in [7, 11) is 0. The Morgan fingerprint density at radius 2 is 0.806 bits per heavy atom. The van der Waals surface area contributed by atoms with Crippen LogP contribution in [0.4, 0.5) is 43.9 Å². The summed E-state index contributed by atoms with van der Waals surface area (Å²) in [5.74, 6) is -11.0. The molecule has 0 N–H and O–H groups in total. The van der Waals surface area contributed by atoms with Gasteiger partial charge in [0.1, 0.15) is 0 Å². The van der Waals surface area contributed by atoms with Gasteiger partial charge in [-0.25, -0.2) is 0 Å². The largest absolute Gasteiger partial charge is 0.454 e. The number of alkyl halides is 10. The molecule has 0 aliphatic carbocycles. The van der Waals surface area contributed by atoms with Crippen molar-refractivity contribution in [3.05, 3.63) is 71.8 Å². The highest BCUT2D eigenvalue weighted by Crippen LogP contribution is 2.50. The van der Waals surface area contributed by atoms with Crippen molar-refractivity contribution in [3.63, 3.8) is 0 Å². The molecule has 0 saturated heterocycles. The molecule has 0 spiro atoms. The van der Waals surface area contributed by atoms with Crippen LogP contribution in [0.5, 0.6) is 0 Å². The van der Waals surface area contributed by atoms with Crippen molar-refractivity contribution in [3.8, 4) is 0 Å². The second-order valence-corrected chi connectivity index (χ2v) is 8.14. The SMILES string of the molecule is FC(F)(F)C(F)(F)[C@@H](Cc1ccccc1)S[C@H](Cc1ccccc1)C(F)(F)C(F)(F)F. The zero-order chi connectivity index (χ0) is 23.5. The standard InChI is InChI=1S/C20H16F10S/c21-17(22,19(25,26)27)15(11-13-7-3-1-4-8-13)31-16(18(23,24)20(28,29)30)12-14-9-5-2-6-10-14/h1-10,15-16H,11-12H2/t15-,16-/m1/s1. The van der Waals surface area contributed by atoms with E-state index in [2.05, 4.69) is 0 Å². The van der Waals surface area contributed by atoms with Gasteiger partial charge in [-0.1, -0.05) is 60.7 Å². The van der Waals surface area contributed by atoms with Crippen LogP contribution in [0.3, 0.4) is 0 Å². The molecule has 2 atom stereocenters. The van der Waals surface area contributed by atoms with E-state index in [0.29, 0.717) is 0 Å². The first-order valence-electron chi connectivity index (χ1n) is 8.78. The fourth-order valence-corrected chi connectivity index (χ4v) is 4.33. The van der Waals surface area contributed by atoms with Crippen molar-refractivity contribution in [1.82, 2.24) is 0 Å². The molecule has 0 bridgehead atoms. The molecule has 0 amide bonds.